The van der Waals surface area contributed by atoms with Gasteiger partial charge in [0.1, 0.15) is 11.9 Å². The van der Waals surface area contributed by atoms with E-state index >= 15 is 0 Å². The number of carbonyl (C=O) groups is 1. The molecule has 10 nitrogen and oxygen atoms in total. The van der Waals surface area contributed by atoms with Crippen LogP contribution in [0.2, 0.25) is 0 Å². The van der Waals surface area contributed by atoms with Gasteiger partial charge in [0.05, 0.1) is 16.3 Å². The van der Waals surface area contributed by atoms with Crippen molar-refractivity contribution < 1.29 is 19.2 Å². The van der Waals surface area contributed by atoms with E-state index in [1.165, 1.54) is 30.0 Å². The van der Waals surface area contributed by atoms with Gasteiger partial charge in [-0.15, -0.1) is 10.2 Å². The number of halogens is 1. The fraction of sp³-hybridized carbons (Fsp3) is 0.333. The molecule has 1 aliphatic heterocycles. The van der Waals surface area contributed by atoms with Gasteiger partial charge in [0.15, 0.2) is 11.0 Å². The number of nitrogens with zero attached hydrogens (tertiary/aromatic N) is 6. The lowest BCUT2D eigenvalue weighted by atomic mass is 9.99. The lowest BCUT2D eigenvalue weighted by Crippen LogP contribution is -2.13. The Kier molecular flexibility index (Phi) is 7.75. The van der Waals surface area contributed by atoms with Crippen LogP contribution in [0.3, 0.4) is 0 Å². The molecule has 2 aromatic carbocycles. The van der Waals surface area contributed by atoms with E-state index in [-0.39, 0.29) is 29.8 Å². The molecule has 1 aromatic heterocycles. The van der Waals surface area contributed by atoms with Crippen molar-refractivity contribution in [3.8, 4) is 5.69 Å². The molecule has 0 bridgehead atoms. The first-order valence-corrected chi connectivity index (χ1v) is 12.3. The van der Waals surface area contributed by atoms with E-state index in [1.807, 2.05) is 14.1 Å². The smallest absolute Gasteiger partial charge is 0.303 e. The number of aliphatic carboxylic acids is 1. The molecular weight excluding hydrogens is 487 g/mol. The molecule has 0 unspecified atom stereocenters. The maximum absolute atomic E-state index is 15.0. The molecule has 1 aliphatic rings. The number of nitro benzene ring substituents is 1. The Morgan fingerprint density at radius 1 is 1.22 bits per heavy atom. The number of aromatic nitrogens is 3. The summed E-state index contributed by atoms with van der Waals surface area (Å²) in [5.41, 5.74) is 1.07. The molecule has 0 saturated heterocycles. The van der Waals surface area contributed by atoms with Gasteiger partial charge in [-0.2, -0.15) is 0 Å². The lowest BCUT2D eigenvalue weighted by Gasteiger charge is -2.14. The van der Waals surface area contributed by atoms with Crippen LogP contribution < -0.4 is 0 Å². The highest BCUT2D eigenvalue weighted by Gasteiger charge is 2.31. The molecule has 0 fully saturated rings. The van der Waals surface area contributed by atoms with E-state index in [0.717, 1.165) is 18.7 Å². The second-order valence-corrected chi connectivity index (χ2v) is 9.61. The first-order chi connectivity index (χ1) is 17.3. The molecule has 0 aliphatic carbocycles. The third-order valence-corrected chi connectivity index (χ3v) is 6.69. The topological polar surface area (TPSA) is 127 Å². The number of non-ortho nitro benzene ring substituents is 1. The monoisotopic (exact) mass is 512 g/mol. The van der Waals surface area contributed by atoms with Crippen molar-refractivity contribution in [3.63, 3.8) is 0 Å². The number of nitro groups is 1. The number of hydrogen-bond acceptors (Lipinski definition) is 8. The molecule has 0 spiro atoms. The Bertz CT molecular complexity index is 1330. The predicted octanol–water partition coefficient (Wildman–Crippen LogP) is 4.12. The molecule has 3 aromatic rings. The van der Waals surface area contributed by atoms with E-state index in [4.69, 9.17) is 4.99 Å². The van der Waals surface area contributed by atoms with Crippen LogP contribution in [-0.4, -0.2) is 67.8 Å². The van der Waals surface area contributed by atoms with Gasteiger partial charge >= 0.3 is 5.97 Å². The van der Waals surface area contributed by atoms with Gasteiger partial charge < -0.3 is 10.0 Å². The van der Waals surface area contributed by atoms with E-state index < -0.39 is 22.8 Å². The van der Waals surface area contributed by atoms with Crippen molar-refractivity contribution in [3.05, 3.63) is 75.3 Å². The summed E-state index contributed by atoms with van der Waals surface area (Å²) in [6.45, 7) is 0.887. The fourth-order valence-corrected chi connectivity index (χ4v) is 4.86. The first-order valence-electron chi connectivity index (χ1n) is 11.3. The summed E-state index contributed by atoms with van der Waals surface area (Å²) >= 11 is 1.48. The Labute approximate surface area is 211 Å². The van der Waals surface area contributed by atoms with Gasteiger partial charge in [-0.3, -0.25) is 24.5 Å². The largest absolute Gasteiger partial charge is 0.481 e. The normalized spacial score (nSPS) is 14.7. The third kappa shape index (κ3) is 5.44. The van der Waals surface area contributed by atoms with Crippen LogP contribution in [0.1, 0.15) is 42.3 Å². The average Bonchev–Trinajstić information content (AvgIpc) is 3.19. The van der Waals surface area contributed by atoms with Crippen LogP contribution in [0.25, 0.3) is 5.69 Å². The van der Waals surface area contributed by atoms with Gasteiger partial charge in [0.25, 0.3) is 5.69 Å². The van der Waals surface area contributed by atoms with Crippen LogP contribution in [0, 0.1) is 15.9 Å². The Balaban J connectivity index is 1.90. The summed E-state index contributed by atoms with van der Waals surface area (Å²) in [4.78, 5) is 29.3. The number of carboxylic acid groups (broad SMARTS) is 1. The first kappa shape index (κ1) is 25.5. The predicted molar refractivity (Wildman–Crippen MR) is 134 cm³/mol. The standard InChI is InChI=1S/C24H25FN6O4S/c1-29(2)12-5-13-36-24-28-27-23-19(9-11-21(32)33)26-22(16-6-3-4-7-18(16)25)17-14-15(31(34)35)8-10-20(17)30(23)24/h3-4,6-8,10,14,19H,5,9,11-13H2,1-2H3,(H,32,33)/t19-/m0/s1. The molecule has 0 saturated carbocycles. The van der Waals surface area contributed by atoms with Gasteiger partial charge in [0.2, 0.25) is 0 Å². The van der Waals surface area contributed by atoms with Crippen LogP contribution in [-0.2, 0) is 4.79 Å². The van der Waals surface area contributed by atoms with Gasteiger partial charge in [-0.05, 0) is 51.7 Å². The van der Waals surface area contributed by atoms with Crippen molar-refractivity contribution in [2.45, 2.75) is 30.5 Å². The summed E-state index contributed by atoms with van der Waals surface area (Å²) in [5.74, 6) is -0.381. The molecule has 0 radical (unpaired) electrons. The molecule has 188 valence electrons. The summed E-state index contributed by atoms with van der Waals surface area (Å²) in [7, 11) is 3.98. The maximum Gasteiger partial charge on any atom is 0.303 e. The summed E-state index contributed by atoms with van der Waals surface area (Å²) < 4.78 is 16.7. The minimum Gasteiger partial charge on any atom is -0.481 e. The second kappa shape index (κ2) is 11.0. The van der Waals surface area contributed by atoms with Crippen LogP contribution in [0.4, 0.5) is 10.1 Å². The van der Waals surface area contributed by atoms with Crippen molar-refractivity contribution in [2.24, 2.45) is 4.99 Å². The zero-order chi connectivity index (χ0) is 25.8. The van der Waals surface area contributed by atoms with Crippen molar-refractivity contribution >= 4 is 29.1 Å². The number of hydrogen-bond donors (Lipinski definition) is 1. The summed E-state index contributed by atoms with van der Waals surface area (Å²) in [6, 6.07) is 9.62. The number of fused-ring (bicyclic) bond motifs is 3. The number of carboxylic acids is 1. The molecule has 2 heterocycles. The van der Waals surface area contributed by atoms with E-state index in [2.05, 4.69) is 15.1 Å². The second-order valence-electron chi connectivity index (χ2n) is 8.55. The number of benzene rings is 2. The fourth-order valence-electron chi connectivity index (χ4n) is 3.99. The molecule has 0 amide bonds. The Morgan fingerprint density at radius 2 is 2.00 bits per heavy atom. The average molecular weight is 513 g/mol. The van der Waals surface area contributed by atoms with E-state index in [9.17, 15) is 24.4 Å². The van der Waals surface area contributed by atoms with Gasteiger partial charge in [-0.1, -0.05) is 23.9 Å². The Hall–Kier alpha value is -3.64. The highest BCUT2D eigenvalue weighted by molar-refractivity contribution is 7.99. The molecule has 12 heteroatoms. The molecule has 1 atom stereocenters. The minimum absolute atomic E-state index is 0.104. The quantitative estimate of drug-likeness (QED) is 0.186. The molecular formula is C24H25FN6O4S. The van der Waals surface area contributed by atoms with E-state index in [0.29, 0.717) is 22.2 Å². The van der Waals surface area contributed by atoms with Crippen molar-refractivity contribution in [1.82, 2.24) is 19.7 Å². The summed E-state index contributed by atoms with van der Waals surface area (Å²) in [6.07, 6.45) is 0.812. The number of thioether (sulfide) groups is 1. The van der Waals surface area contributed by atoms with Crippen molar-refractivity contribution in [2.75, 3.05) is 26.4 Å². The molecule has 4 rings (SSSR count). The maximum atomic E-state index is 15.0. The minimum atomic E-state index is -1.00. The zero-order valence-corrected chi connectivity index (χ0v) is 20.6. The zero-order valence-electron chi connectivity index (χ0n) is 19.8. The van der Waals surface area contributed by atoms with Gasteiger partial charge in [-0.25, -0.2) is 4.39 Å². The van der Waals surface area contributed by atoms with Crippen LogP contribution >= 0.6 is 11.8 Å². The summed E-state index contributed by atoms with van der Waals surface area (Å²) in [5, 5.41) is 30.2. The number of aliphatic imine (C=N–C) groups is 1. The number of rotatable bonds is 10. The third-order valence-electron chi connectivity index (χ3n) is 5.67. The highest BCUT2D eigenvalue weighted by atomic mass is 32.2. The highest BCUT2D eigenvalue weighted by Crippen LogP contribution is 2.37. The van der Waals surface area contributed by atoms with Crippen molar-refractivity contribution in [1.29, 1.82) is 0 Å². The van der Waals surface area contributed by atoms with Gasteiger partial charge in [0, 0.05) is 35.4 Å². The molecule has 36 heavy (non-hydrogen) atoms. The SMILES string of the molecule is CN(C)CCCSc1nnc2n1-c1ccc([N+](=O)[O-])cc1C(c1ccccc1F)=N[C@H]2CCC(=O)O. The lowest BCUT2D eigenvalue weighted by molar-refractivity contribution is -0.384. The Morgan fingerprint density at radius 3 is 2.69 bits per heavy atom. The van der Waals surface area contributed by atoms with Crippen LogP contribution in [0.5, 0.6) is 0 Å². The molecule has 1 N–H and O–H groups in total. The van der Waals surface area contributed by atoms with E-state index in [1.54, 1.807) is 28.8 Å². The van der Waals surface area contributed by atoms with Crippen LogP contribution in [0.15, 0.2) is 52.6 Å².